The van der Waals surface area contributed by atoms with Crippen LogP contribution >= 0.6 is 0 Å². The minimum Gasteiger partial charge on any atom is -0.491 e. The molecule has 0 aliphatic carbocycles. The van der Waals surface area contributed by atoms with Crippen LogP contribution in [0.25, 0.3) is 21.7 Å². The van der Waals surface area contributed by atoms with E-state index in [-0.39, 0.29) is 29.9 Å². The highest BCUT2D eigenvalue weighted by Gasteiger charge is 2.40. The number of fused-ring (bicyclic) bond motifs is 4. The molecule has 7 nitrogen and oxygen atoms in total. The Morgan fingerprint density at radius 3 is 2.25 bits per heavy atom. The van der Waals surface area contributed by atoms with Crippen LogP contribution in [-0.2, 0) is 7.05 Å². The van der Waals surface area contributed by atoms with Gasteiger partial charge in [0.15, 0.2) is 0 Å². The summed E-state index contributed by atoms with van der Waals surface area (Å²) in [5, 5.41) is 2.42. The number of imide groups is 1. The monoisotopic (exact) mass is 483 g/mol. The summed E-state index contributed by atoms with van der Waals surface area (Å²) >= 11 is 0. The van der Waals surface area contributed by atoms with Crippen molar-refractivity contribution in [2.24, 2.45) is 13.0 Å². The van der Waals surface area contributed by atoms with Crippen molar-refractivity contribution in [1.29, 1.82) is 0 Å². The quantitative estimate of drug-likeness (QED) is 0.291. The van der Waals surface area contributed by atoms with E-state index >= 15 is 0 Å². The second-order valence-corrected chi connectivity index (χ2v) is 9.94. The highest BCUT2D eigenvalue weighted by molar-refractivity contribution is 6.21. The molecule has 36 heavy (non-hydrogen) atoms. The summed E-state index contributed by atoms with van der Waals surface area (Å²) in [5.74, 6) is 0.313. The number of aromatic nitrogens is 2. The second-order valence-electron chi connectivity index (χ2n) is 9.94. The molecular formula is C29H29N3O4. The van der Waals surface area contributed by atoms with Crippen LogP contribution in [0.4, 0.5) is 0 Å². The maximum Gasteiger partial charge on any atom is 0.261 e. The molecule has 0 N–H and O–H groups in total. The average molecular weight is 484 g/mol. The molecule has 4 aromatic rings. The van der Waals surface area contributed by atoms with Crippen LogP contribution in [0.15, 0.2) is 53.5 Å². The zero-order valence-corrected chi connectivity index (χ0v) is 21.2. The third-order valence-electron chi connectivity index (χ3n) is 6.97. The number of pyridine rings is 2. The molecule has 2 aromatic heterocycles. The summed E-state index contributed by atoms with van der Waals surface area (Å²) in [6.07, 6.45) is 2.34. The van der Waals surface area contributed by atoms with Crippen molar-refractivity contribution in [3.63, 3.8) is 0 Å². The fourth-order valence-electron chi connectivity index (χ4n) is 5.18. The van der Waals surface area contributed by atoms with Gasteiger partial charge in [0, 0.05) is 24.7 Å². The van der Waals surface area contributed by atoms with Crippen LogP contribution in [0, 0.1) is 19.8 Å². The number of benzene rings is 2. The molecule has 1 atom stereocenters. The van der Waals surface area contributed by atoms with E-state index in [1.807, 2.05) is 32.0 Å². The lowest BCUT2D eigenvalue weighted by molar-refractivity contribution is 0.0507. The summed E-state index contributed by atoms with van der Waals surface area (Å²) in [4.78, 5) is 45.0. The molecule has 0 saturated carbocycles. The van der Waals surface area contributed by atoms with Crippen molar-refractivity contribution in [3.8, 4) is 5.75 Å². The number of carbonyl (C=O) groups excluding carboxylic acids is 2. The number of hydrogen-bond donors (Lipinski definition) is 0. The molecule has 1 aliphatic heterocycles. The predicted molar refractivity (Wildman–Crippen MR) is 140 cm³/mol. The van der Waals surface area contributed by atoms with E-state index < -0.39 is 6.04 Å². The van der Waals surface area contributed by atoms with Crippen LogP contribution in [0.5, 0.6) is 5.75 Å². The van der Waals surface area contributed by atoms with Gasteiger partial charge in [-0.05, 0) is 61.4 Å². The normalized spacial score (nSPS) is 14.2. The Labute approximate surface area is 209 Å². The van der Waals surface area contributed by atoms with Gasteiger partial charge in [0.05, 0.1) is 33.8 Å². The zero-order valence-electron chi connectivity index (χ0n) is 21.2. The Morgan fingerprint density at radius 2 is 1.61 bits per heavy atom. The largest absolute Gasteiger partial charge is 0.491 e. The molecule has 184 valence electrons. The molecule has 2 amide bonds. The molecule has 7 heteroatoms. The third-order valence-corrected chi connectivity index (χ3v) is 6.97. The molecule has 0 radical (unpaired) electrons. The smallest absolute Gasteiger partial charge is 0.261 e. The second kappa shape index (κ2) is 8.90. The lowest BCUT2D eigenvalue weighted by atomic mass is 10.0. The summed E-state index contributed by atoms with van der Waals surface area (Å²) in [7, 11) is 1.75. The molecule has 3 heterocycles. The Hall–Kier alpha value is -4.00. The van der Waals surface area contributed by atoms with Crippen LogP contribution in [0.2, 0.25) is 0 Å². The molecule has 0 bridgehead atoms. The minimum absolute atomic E-state index is 0.110. The minimum atomic E-state index is -0.415. The van der Waals surface area contributed by atoms with Gasteiger partial charge in [-0.3, -0.25) is 24.3 Å². The van der Waals surface area contributed by atoms with Gasteiger partial charge in [-0.2, -0.15) is 0 Å². The van der Waals surface area contributed by atoms with Crippen LogP contribution < -0.4 is 10.3 Å². The van der Waals surface area contributed by atoms with Gasteiger partial charge >= 0.3 is 0 Å². The topological polar surface area (TPSA) is 81.5 Å². The fraction of sp³-hybridized carbons (Fsp3) is 0.310. The zero-order chi connectivity index (χ0) is 25.7. The van der Waals surface area contributed by atoms with Crippen molar-refractivity contribution in [2.45, 2.75) is 40.2 Å². The van der Waals surface area contributed by atoms with Crippen molar-refractivity contribution in [2.75, 3.05) is 6.61 Å². The van der Waals surface area contributed by atoms with E-state index in [0.717, 1.165) is 21.9 Å². The van der Waals surface area contributed by atoms with E-state index in [4.69, 9.17) is 4.74 Å². The maximum absolute atomic E-state index is 13.1. The van der Waals surface area contributed by atoms with Gasteiger partial charge in [-0.1, -0.05) is 26.0 Å². The van der Waals surface area contributed by atoms with Crippen molar-refractivity contribution < 1.29 is 14.3 Å². The molecule has 0 saturated heterocycles. The van der Waals surface area contributed by atoms with Crippen molar-refractivity contribution in [3.05, 3.63) is 81.4 Å². The summed E-state index contributed by atoms with van der Waals surface area (Å²) < 4.78 is 7.89. The number of amides is 2. The van der Waals surface area contributed by atoms with Crippen LogP contribution in [-0.4, -0.2) is 38.9 Å². The Morgan fingerprint density at radius 1 is 0.944 bits per heavy atom. The first kappa shape index (κ1) is 23.7. The summed E-state index contributed by atoms with van der Waals surface area (Å²) in [5.41, 5.74) is 3.11. The molecule has 2 aromatic carbocycles. The first-order chi connectivity index (χ1) is 17.2. The van der Waals surface area contributed by atoms with Crippen LogP contribution in [0.3, 0.4) is 0 Å². The van der Waals surface area contributed by atoms with E-state index in [9.17, 15) is 14.4 Å². The first-order valence-electron chi connectivity index (χ1n) is 12.2. The molecule has 0 spiro atoms. The molecule has 1 aliphatic rings. The fourth-order valence-corrected chi connectivity index (χ4v) is 5.18. The summed E-state index contributed by atoms with van der Waals surface area (Å²) in [6, 6.07) is 12.3. The standard InChI is InChI=1S/C29H29N3O4/c1-16(2)12-19(32-27(33)21-8-6-7-9-22(21)28(32)34)15-36-25-14-24-23(13-17(25)3)20-10-11-30-18(4)26(20)29(35)31(24)5/h6-11,13-14,16,19H,12,15H2,1-5H3. The molecular weight excluding hydrogens is 454 g/mol. The highest BCUT2D eigenvalue weighted by atomic mass is 16.5. The van der Waals surface area contributed by atoms with Gasteiger partial charge in [0.25, 0.3) is 17.4 Å². The van der Waals surface area contributed by atoms with E-state index in [0.29, 0.717) is 34.4 Å². The molecule has 1 unspecified atom stereocenters. The van der Waals surface area contributed by atoms with Gasteiger partial charge < -0.3 is 9.30 Å². The number of rotatable bonds is 6. The van der Waals surface area contributed by atoms with Gasteiger partial charge in [-0.15, -0.1) is 0 Å². The average Bonchev–Trinajstić information content (AvgIpc) is 3.10. The Bertz CT molecular complexity index is 1570. The number of ether oxygens (including phenoxy) is 1. The Balaban J connectivity index is 1.51. The van der Waals surface area contributed by atoms with E-state index in [2.05, 4.69) is 18.8 Å². The molecule has 5 rings (SSSR count). The number of nitrogens with zero attached hydrogens (tertiary/aromatic N) is 3. The highest BCUT2D eigenvalue weighted by Crippen LogP contribution is 2.31. The SMILES string of the molecule is Cc1cc2c3ccnc(C)c3c(=O)n(C)c2cc1OCC(CC(C)C)N1C(=O)c2ccccc2C1=O. The van der Waals surface area contributed by atoms with Crippen molar-refractivity contribution in [1.82, 2.24) is 14.5 Å². The van der Waals surface area contributed by atoms with Gasteiger partial charge in [-0.25, -0.2) is 0 Å². The number of hydrogen-bond acceptors (Lipinski definition) is 5. The van der Waals surface area contributed by atoms with Gasteiger partial charge in [0.2, 0.25) is 0 Å². The lowest BCUT2D eigenvalue weighted by Gasteiger charge is -2.28. The third kappa shape index (κ3) is 3.75. The first-order valence-corrected chi connectivity index (χ1v) is 12.2. The lowest BCUT2D eigenvalue weighted by Crippen LogP contribution is -2.44. The number of carbonyl (C=O) groups is 2. The van der Waals surface area contributed by atoms with Crippen molar-refractivity contribution >= 4 is 33.5 Å². The van der Waals surface area contributed by atoms with Crippen LogP contribution in [0.1, 0.15) is 52.2 Å². The van der Waals surface area contributed by atoms with E-state index in [1.54, 1.807) is 42.1 Å². The molecule has 0 fully saturated rings. The van der Waals surface area contributed by atoms with Gasteiger partial charge in [0.1, 0.15) is 12.4 Å². The Kier molecular flexibility index (Phi) is 5.86. The number of aryl methyl sites for hydroxylation is 3. The summed E-state index contributed by atoms with van der Waals surface area (Å²) in [6.45, 7) is 8.09. The van der Waals surface area contributed by atoms with E-state index in [1.165, 1.54) is 4.90 Å². The maximum atomic E-state index is 13.1. The predicted octanol–water partition coefficient (Wildman–Crippen LogP) is 4.79.